The van der Waals surface area contributed by atoms with Crippen LogP contribution in [-0.4, -0.2) is 234 Å². The Balaban J connectivity index is 1.01. The quantitative estimate of drug-likeness (QED) is 0.0322. The largest absolute Gasteiger partial charge is 0.495 e. The van der Waals surface area contributed by atoms with Gasteiger partial charge in [0.05, 0.1) is 47.6 Å². The van der Waals surface area contributed by atoms with Crippen LogP contribution in [-0.2, 0) is 0 Å². The highest BCUT2D eigenvalue weighted by atomic mass is 32.2. The van der Waals surface area contributed by atoms with Gasteiger partial charge in [0.2, 0.25) is 0 Å². The maximum atomic E-state index is 14.0. The maximum absolute atomic E-state index is 14.0. The van der Waals surface area contributed by atoms with E-state index in [1.165, 1.54) is 83.2 Å². The van der Waals surface area contributed by atoms with Gasteiger partial charge in [-0.1, -0.05) is 132 Å². The highest BCUT2D eigenvalue weighted by Gasteiger charge is 2.33. The lowest BCUT2D eigenvalue weighted by Crippen LogP contribution is -2.46. The predicted molar refractivity (Wildman–Crippen MR) is 357 cm³/mol. The Morgan fingerprint density at radius 2 is 0.784 bits per heavy atom. The molecule has 4 fully saturated rings. The van der Waals surface area contributed by atoms with Crippen molar-refractivity contribution in [2.24, 2.45) is 0 Å². The first kappa shape index (κ1) is 67.8. The number of rotatable bonds is 29. The molecule has 22 nitrogen and oxygen atoms in total. The van der Waals surface area contributed by atoms with Crippen molar-refractivity contribution in [3.8, 4) is 11.5 Å². The van der Waals surface area contributed by atoms with Crippen LogP contribution in [0.25, 0.3) is 0 Å². The number of benzene rings is 4. The van der Waals surface area contributed by atoms with E-state index >= 15 is 0 Å². The number of para-hydroxylation sites is 2. The van der Waals surface area contributed by atoms with Crippen molar-refractivity contribution in [1.29, 1.82) is 0 Å². The van der Waals surface area contributed by atoms with Crippen molar-refractivity contribution in [3.05, 3.63) is 128 Å². The number of hydrogen-bond donors (Lipinski definition) is 6. The average molecular weight is 1350 g/mol. The van der Waals surface area contributed by atoms with Crippen LogP contribution in [0.1, 0.15) is 106 Å². The summed E-state index contributed by atoms with van der Waals surface area (Å²) in [6.07, 6.45) is -1.44. The minimum atomic E-state index is -1.25. The van der Waals surface area contributed by atoms with E-state index in [2.05, 4.69) is 21.3 Å². The number of ether oxygens (including phenoxy) is 2. The minimum absolute atomic E-state index is 0.00830. The topological polar surface area (TPSA) is 263 Å². The SMILES string of the molecule is COc1c(C(=O)NCCN(CCNC(=O)c2cccc(C(O)N3CCSC3=S)c2C=O)CCN(CCNC(=O)c2cccc(C(O)N3CCSC3=S)c2C=O)CCNC(=O)c2cccc(C(=O)N3CCSC3=S)c2OC)cccc1C(=O)N1CCSC1=S. The maximum Gasteiger partial charge on any atom is 0.263 e. The van der Waals surface area contributed by atoms with E-state index in [-0.39, 0.29) is 133 Å². The summed E-state index contributed by atoms with van der Waals surface area (Å²) in [7, 11) is 2.74. The molecule has 4 aliphatic heterocycles. The van der Waals surface area contributed by atoms with Crippen LogP contribution in [0.5, 0.6) is 11.5 Å². The molecule has 2 atom stereocenters. The summed E-state index contributed by atoms with van der Waals surface area (Å²) < 4.78 is 13.1. The molecule has 6 amide bonds. The number of hydrogen-bond acceptors (Lipinski definition) is 22. The Hall–Kier alpha value is -6.16. The number of aliphatic hydroxyl groups is 2. The lowest BCUT2D eigenvalue weighted by molar-refractivity contribution is 0.0611. The number of thiocarbonyl (C=S) groups is 4. The van der Waals surface area contributed by atoms with Crippen LogP contribution in [0, 0.1) is 0 Å². The molecule has 4 heterocycles. The van der Waals surface area contributed by atoms with Crippen molar-refractivity contribution in [3.63, 3.8) is 0 Å². The van der Waals surface area contributed by atoms with Gasteiger partial charge in [0.1, 0.15) is 28.8 Å². The zero-order chi connectivity index (χ0) is 63.0. The van der Waals surface area contributed by atoms with Crippen LogP contribution >= 0.6 is 95.9 Å². The molecule has 4 aliphatic rings. The molecule has 4 saturated heterocycles. The van der Waals surface area contributed by atoms with Gasteiger partial charge in [0.15, 0.2) is 25.0 Å². The van der Waals surface area contributed by atoms with Crippen LogP contribution in [0.3, 0.4) is 0 Å². The molecule has 0 radical (unpaired) electrons. The van der Waals surface area contributed by atoms with E-state index < -0.39 is 47.9 Å². The number of carbonyl (C=O) groups is 8. The Kier molecular flexibility index (Phi) is 25.1. The van der Waals surface area contributed by atoms with Gasteiger partial charge < -0.3 is 50.8 Å². The van der Waals surface area contributed by atoms with Crippen molar-refractivity contribution in [2.45, 2.75) is 12.5 Å². The highest BCUT2D eigenvalue weighted by Crippen LogP contribution is 2.34. The fraction of sp³-hybridized carbons (Fsp3) is 0.379. The van der Waals surface area contributed by atoms with E-state index in [4.69, 9.17) is 58.3 Å². The van der Waals surface area contributed by atoms with Gasteiger partial charge in [0.25, 0.3) is 35.4 Å². The van der Waals surface area contributed by atoms with Crippen LogP contribution in [0.15, 0.2) is 72.8 Å². The zero-order valence-corrected chi connectivity index (χ0v) is 54.4. The monoisotopic (exact) mass is 1350 g/mol. The van der Waals surface area contributed by atoms with E-state index in [0.29, 0.717) is 79.0 Å². The number of aldehydes is 2. The summed E-state index contributed by atoms with van der Waals surface area (Å²) in [5, 5.41) is 34.3. The summed E-state index contributed by atoms with van der Waals surface area (Å²) in [6.45, 7) is 3.38. The summed E-state index contributed by atoms with van der Waals surface area (Å²) in [6, 6.07) is 18.7. The molecule has 0 aromatic heterocycles. The van der Waals surface area contributed by atoms with Crippen LogP contribution in [0.4, 0.5) is 0 Å². The second-order valence-electron chi connectivity index (χ2n) is 19.8. The molecule has 2 unspecified atom stereocenters. The fourth-order valence-electron chi connectivity index (χ4n) is 10.2. The third-order valence-electron chi connectivity index (χ3n) is 14.7. The Morgan fingerprint density at radius 1 is 0.477 bits per heavy atom. The van der Waals surface area contributed by atoms with Crippen molar-refractivity contribution >= 4 is 161 Å². The van der Waals surface area contributed by atoms with E-state index in [0.717, 1.165) is 0 Å². The van der Waals surface area contributed by atoms with E-state index in [9.17, 15) is 48.6 Å². The number of methoxy groups -OCH3 is 2. The van der Waals surface area contributed by atoms with Gasteiger partial charge in [-0.25, -0.2) is 0 Å². The molecule has 4 aromatic carbocycles. The number of amides is 6. The van der Waals surface area contributed by atoms with E-state index in [1.807, 2.05) is 9.80 Å². The molecule has 4 aromatic rings. The summed E-state index contributed by atoms with van der Waals surface area (Å²) in [4.78, 5) is 118. The smallest absolute Gasteiger partial charge is 0.263 e. The van der Waals surface area contributed by atoms with Crippen LogP contribution < -0.4 is 30.7 Å². The average Bonchev–Trinajstić information content (AvgIpc) is 3.51. The summed E-state index contributed by atoms with van der Waals surface area (Å²) in [5.74, 6) is -0.205. The minimum Gasteiger partial charge on any atom is -0.495 e. The number of nitrogens with one attached hydrogen (secondary N) is 4. The van der Waals surface area contributed by atoms with Crippen molar-refractivity contribution in [1.82, 2.24) is 50.7 Å². The first-order valence-corrected chi connectivity index (χ1v) is 33.4. The normalized spacial score (nSPS) is 15.7. The predicted octanol–water partition coefficient (Wildman–Crippen LogP) is 4.55. The lowest BCUT2D eigenvalue weighted by Gasteiger charge is -2.28. The Morgan fingerprint density at radius 3 is 1.09 bits per heavy atom. The number of thioether (sulfide) groups is 4. The van der Waals surface area contributed by atoms with Crippen LogP contribution in [0.2, 0.25) is 0 Å². The van der Waals surface area contributed by atoms with Crippen molar-refractivity contribution in [2.75, 3.05) is 129 Å². The molecule has 88 heavy (non-hydrogen) atoms. The first-order valence-electron chi connectivity index (χ1n) is 27.8. The second kappa shape index (κ2) is 32.5. The third kappa shape index (κ3) is 16.2. The van der Waals surface area contributed by atoms with Gasteiger partial charge in [-0.15, -0.1) is 0 Å². The second-order valence-corrected chi connectivity index (χ2v) is 26.8. The molecule has 466 valence electrons. The Labute approximate surface area is 547 Å². The van der Waals surface area contributed by atoms with Crippen molar-refractivity contribution < 1.29 is 58.0 Å². The lowest BCUT2D eigenvalue weighted by atomic mass is 9.99. The van der Waals surface area contributed by atoms with Gasteiger partial charge in [0, 0.05) is 137 Å². The van der Waals surface area contributed by atoms with Gasteiger partial charge in [-0.2, -0.15) is 0 Å². The number of carbonyl (C=O) groups excluding carboxylic acids is 8. The molecule has 0 spiro atoms. The molecule has 0 saturated carbocycles. The van der Waals surface area contributed by atoms with Gasteiger partial charge in [-0.3, -0.25) is 58.0 Å². The third-order valence-corrected chi connectivity index (χ3v) is 20.5. The molecular weight excluding hydrogens is 1290 g/mol. The zero-order valence-electron chi connectivity index (χ0n) is 47.9. The highest BCUT2D eigenvalue weighted by molar-refractivity contribution is 8.24. The Bertz CT molecular complexity index is 3160. The standard InChI is InChI=1S/C58H64N10O12S8/c1-79-45-39(11-5-13-41(45)53(77)67-27-31-87-57(67)83)49(73)61-17-21-63(19-15-59-47(71)35-7-3-9-37(43(35)33-69)51(75)65-25-29-85-55(65)81)23-24-64(20-16-60-48(72)36-8-4-10-38(44(36)34-70)52(76)66-26-30-86-56(66)82)22-18-62-50(74)40-12-6-14-42(46(40)80-2)54(78)68-28-32-88-58(68)84/h3-14,33-34,51-52,75-76H,15-32H2,1-2H3,(H,59,71)(H,60,72)(H,61,73)(H,62,74). The summed E-state index contributed by atoms with van der Waals surface area (Å²) in [5.41, 5.74) is 1.14. The molecule has 0 aliphatic carbocycles. The first-order chi connectivity index (χ1) is 42.5. The molecule has 0 bridgehead atoms. The molecule has 8 rings (SSSR count). The number of nitrogens with zero attached hydrogens (tertiary/aromatic N) is 6. The molecule has 30 heteroatoms. The van der Waals surface area contributed by atoms with Gasteiger partial charge in [-0.05, 0) is 36.4 Å². The fourth-order valence-corrected chi connectivity index (χ4v) is 15.1. The van der Waals surface area contributed by atoms with Gasteiger partial charge >= 0.3 is 0 Å². The molecule has 6 N–H and O–H groups in total. The van der Waals surface area contributed by atoms with E-state index in [1.54, 1.807) is 70.5 Å². The number of aliphatic hydroxyl groups excluding tert-OH is 2. The molecular formula is C58H64N10O12S8. The summed E-state index contributed by atoms with van der Waals surface area (Å²) >= 11 is 27.2.